The van der Waals surface area contributed by atoms with Gasteiger partial charge in [-0.05, 0) is 5.56 Å². The first-order valence-electron chi connectivity index (χ1n) is 7.39. The van der Waals surface area contributed by atoms with Crippen molar-refractivity contribution in [3.05, 3.63) is 53.9 Å². The third-order valence-electron chi connectivity index (χ3n) is 3.64. The first-order valence-corrected chi connectivity index (χ1v) is 7.39. The molecule has 22 heavy (non-hydrogen) atoms. The molecule has 3 rings (SSSR count). The van der Waals surface area contributed by atoms with Crippen LogP contribution in [0, 0.1) is 0 Å². The zero-order valence-electron chi connectivity index (χ0n) is 12.3. The van der Waals surface area contributed by atoms with Crippen molar-refractivity contribution in [3.63, 3.8) is 0 Å². The van der Waals surface area contributed by atoms with E-state index in [-0.39, 0.29) is 12.1 Å². The van der Waals surface area contributed by atoms with Crippen LogP contribution < -0.4 is 5.32 Å². The van der Waals surface area contributed by atoms with Gasteiger partial charge in [-0.3, -0.25) is 0 Å². The van der Waals surface area contributed by atoms with Gasteiger partial charge < -0.3 is 19.5 Å². The number of ether oxygens (including phenoxy) is 1. The Morgan fingerprint density at radius 1 is 1.32 bits per heavy atom. The molecule has 1 aliphatic rings. The second-order valence-corrected chi connectivity index (χ2v) is 5.28. The number of benzene rings is 1. The number of morpholine rings is 1. The predicted octanol–water partition coefficient (Wildman–Crippen LogP) is 1.83. The van der Waals surface area contributed by atoms with Crippen LogP contribution in [0.4, 0.5) is 4.79 Å². The molecule has 0 radical (unpaired) electrons. The Morgan fingerprint density at radius 3 is 2.95 bits per heavy atom. The minimum atomic E-state index is -0.0932. The van der Waals surface area contributed by atoms with Gasteiger partial charge in [-0.15, -0.1) is 0 Å². The van der Waals surface area contributed by atoms with Crippen LogP contribution in [0.1, 0.15) is 11.3 Å². The van der Waals surface area contributed by atoms with E-state index in [1.165, 1.54) is 11.8 Å². The first kappa shape index (κ1) is 14.6. The van der Waals surface area contributed by atoms with Gasteiger partial charge in [-0.25, -0.2) is 4.79 Å². The van der Waals surface area contributed by atoms with Gasteiger partial charge in [0.25, 0.3) is 0 Å². The second kappa shape index (κ2) is 7.09. The Labute approximate surface area is 129 Å². The molecule has 116 valence electrons. The van der Waals surface area contributed by atoms with Gasteiger partial charge in [0.05, 0.1) is 19.3 Å². The van der Waals surface area contributed by atoms with E-state index in [0.29, 0.717) is 31.9 Å². The Bertz CT molecular complexity index is 586. The number of aromatic nitrogens is 1. The third-order valence-corrected chi connectivity index (χ3v) is 3.64. The fraction of sp³-hybridized carbons (Fsp3) is 0.375. The summed E-state index contributed by atoms with van der Waals surface area (Å²) in [5, 5.41) is 6.62. The SMILES string of the molecule is O=C(NCc1ccon1)N1CCO[C@@H](Cc2ccccc2)C1. The fourth-order valence-electron chi connectivity index (χ4n) is 2.51. The van der Waals surface area contributed by atoms with E-state index >= 15 is 0 Å². The number of carbonyl (C=O) groups is 1. The number of rotatable bonds is 4. The summed E-state index contributed by atoms with van der Waals surface area (Å²) >= 11 is 0. The molecule has 1 aromatic carbocycles. The van der Waals surface area contributed by atoms with Gasteiger partial charge >= 0.3 is 6.03 Å². The van der Waals surface area contributed by atoms with Crippen LogP contribution in [0.5, 0.6) is 0 Å². The number of urea groups is 1. The molecule has 0 aliphatic carbocycles. The Hall–Kier alpha value is -2.34. The van der Waals surface area contributed by atoms with Crippen molar-refractivity contribution in [2.24, 2.45) is 0 Å². The summed E-state index contributed by atoms with van der Waals surface area (Å²) in [6, 6.07) is 11.8. The van der Waals surface area contributed by atoms with Crippen LogP contribution in [0.3, 0.4) is 0 Å². The van der Waals surface area contributed by atoms with Crippen molar-refractivity contribution in [1.29, 1.82) is 0 Å². The lowest BCUT2D eigenvalue weighted by atomic mass is 10.1. The van der Waals surface area contributed by atoms with Gasteiger partial charge in [0.2, 0.25) is 0 Å². The minimum Gasteiger partial charge on any atom is -0.374 e. The molecule has 1 aliphatic heterocycles. The molecule has 1 saturated heterocycles. The van der Waals surface area contributed by atoms with Crippen LogP contribution in [0.25, 0.3) is 0 Å². The summed E-state index contributed by atoms with van der Waals surface area (Å²) in [5.41, 5.74) is 1.93. The first-order chi connectivity index (χ1) is 10.8. The average molecular weight is 301 g/mol. The van der Waals surface area contributed by atoms with Gasteiger partial charge in [-0.1, -0.05) is 35.5 Å². The number of nitrogens with zero attached hydrogens (tertiary/aromatic N) is 2. The lowest BCUT2D eigenvalue weighted by Crippen LogP contribution is -2.50. The van der Waals surface area contributed by atoms with Crippen molar-refractivity contribution >= 4 is 6.03 Å². The molecule has 0 saturated carbocycles. The van der Waals surface area contributed by atoms with Crippen molar-refractivity contribution in [2.75, 3.05) is 19.7 Å². The number of hydrogen-bond acceptors (Lipinski definition) is 4. The van der Waals surface area contributed by atoms with E-state index in [2.05, 4.69) is 22.6 Å². The molecule has 0 unspecified atom stereocenters. The summed E-state index contributed by atoms with van der Waals surface area (Å²) in [7, 11) is 0. The van der Waals surface area contributed by atoms with Crippen molar-refractivity contribution in [1.82, 2.24) is 15.4 Å². The van der Waals surface area contributed by atoms with Gasteiger partial charge in [-0.2, -0.15) is 0 Å². The van der Waals surface area contributed by atoms with E-state index < -0.39 is 0 Å². The van der Waals surface area contributed by atoms with Gasteiger partial charge in [0, 0.05) is 25.6 Å². The van der Waals surface area contributed by atoms with Crippen molar-refractivity contribution in [3.8, 4) is 0 Å². The number of nitrogens with one attached hydrogen (secondary N) is 1. The fourth-order valence-corrected chi connectivity index (χ4v) is 2.51. The molecule has 6 heteroatoms. The Kier molecular flexibility index (Phi) is 4.70. The van der Waals surface area contributed by atoms with E-state index in [9.17, 15) is 4.79 Å². The highest BCUT2D eigenvalue weighted by molar-refractivity contribution is 5.74. The number of hydrogen-bond donors (Lipinski definition) is 1. The van der Waals surface area contributed by atoms with Gasteiger partial charge in [0.1, 0.15) is 12.0 Å². The summed E-state index contributed by atoms with van der Waals surface area (Å²) < 4.78 is 10.5. The highest BCUT2D eigenvalue weighted by Gasteiger charge is 2.24. The van der Waals surface area contributed by atoms with Crippen LogP contribution in [-0.2, 0) is 17.7 Å². The average Bonchev–Trinajstić information content (AvgIpc) is 3.07. The normalized spacial score (nSPS) is 18.2. The predicted molar refractivity (Wildman–Crippen MR) is 80.2 cm³/mol. The van der Waals surface area contributed by atoms with Crippen LogP contribution in [0.15, 0.2) is 47.2 Å². The van der Waals surface area contributed by atoms with Crippen LogP contribution in [0.2, 0.25) is 0 Å². The third kappa shape index (κ3) is 3.85. The Balaban J connectivity index is 1.50. The van der Waals surface area contributed by atoms with E-state index in [0.717, 1.165) is 6.42 Å². The smallest absolute Gasteiger partial charge is 0.317 e. The summed E-state index contributed by atoms with van der Waals surface area (Å²) in [6.45, 7) is 2.14. The van der Waals surface area contributed by atoms with Gasteiger partial charge in [0.15, 0.2) is 0 Å². The van der Waals surface area contributed by atoms with Crippen LogP contribution in [-0.4, -0.2) is 41.9 Å². The lowest BCUT2D eigenvalue weighted by Gasteiger charge is -2.33. The zero-order valence-corrected chi connectivity index (χ0v) is 12.3. The molecule has 2 heterocycles. The number of amides is 2. The molecule has 1 atom stereocenters. The van der Waals surface area contributed by atoms with E-state index in [4.69, 9.17) is 9.26 Å². The quantitative estimate of drug-likeness (QED) is 0.935. The Morgan fingerprint density at radius 2 is 2.18 bits per heavy atom. The maximum atomic E-state index is 12.2. The molecule has 0 bridgehead atoms. The minimum absolute atomic E-state index is 0.0361. The maximum Gasteiger partial charge on any atom is 0.317 e. The summed E-state index contributed by atoms with van der Waals surface area (Å²) in [4.78, 5) is 14.0. The molecule has 2 aromatic rings. The monoisotopic (exact) mass is 301 g/mol. The maximum absolute atomic E-state index is 12.2. The molecule has 2 amide bonds. The van der Waals surface area contributed by atoms with E-state index in [1.807, 2.05) is 18.2 Å². The largest absolute Gasteiger partial charge is 0.374 e. The van der Waals surface area contributed by atoms with Crippen LogP contribution >= 0.6 is 0 Å². The molecule has 1 fully saturated rings. The molecule has 0 spiro atoms. The molecule has 6 nitrogen and oxygen atoms in total. The standard InChI is InChI=1S/C16H19N3O3/c20-16(17-11-14-6-8-22-18-14)19-7-9-21-15(12-19)10-13-4-2-1-3-5-13/h1-6,8,15H,7,9-12H2,(H,17,20)/t15-/m0/s1. The zero-order chi connectivity index (χ0) is 15.2. The molecular formula is C16H19N3O3. The molecular weight excluding hydrogens is 282 g/mol. The lowest BCUT2D eigenvalue weighted by molar-refractivity contribution is -0.0133. The van der Waals surface area contributed by atoms with Crippen molar-refractivity contribution < 1.29 is 14.1 Å². The summed E-state index contributed by atoms with van der Waals surface area (Å²) in [6.07, 6.45) is 2.34. The topological polar surface area (TPSA) is 67.6 Å². The highest BCUT2D eigenvalue weighted by Crippen LogP contribution is 2.12. The second-order valence-electron chi connectivity index (χ2n) is 5.28. The molecule has 1 aromatic heterocycles. The summed E-state index contributed by atoms with van der Waals surface area (Å²) in [5.74, 6) is 0. The highest BCUT2D eigenvalue weighted by atomic mass is 16.5. The van der Waals surface area contributed by atoms with Crippen molar-refractivity contribution in [2.45, 2.75) is 19.1 Å². The number of carbonyl (C=O) groups excluding carboxylic acids is 1. The molecule has 1 N–H and O–H groups in total. The van der Waals surface area contributed by atoms with E-state index in [1.54, 1.807) is 11.0 Å².